The number of benzene rings is 1. The first-order chi connectivity index (χ1) is 13.5. The van der Waals surface area contributed by atoms with Gasteiger partial charge in [0.15, 0.2) is 0 Å². The van der Waals surface area contributed by atoms with E-state index in [-0.39, 0.29) is 17.9 Å². The van der Waals surface area contributed by atoms with Crippen molar-refractivity contribution in [2.45, 2.75) is 51.6 Å². The minimum Gasteiger partial charge on any atom is -0.350 e. The summed E-state index contributed by atoms with van der Waals surface area (Å²) in [5, 5.41) is 3.01. The Labute approximate surface area is 166 Å². The Kier molecular flexibility index (Phi) is 5.41. The Bertz CT molecular complexity index is 768. The Balaban J connectivity index is 1.53. The van der Waals surface area contributed by atoms with Gasteiger partial charge in [0.05, 0.1) is 6.04 Å². The third kappa shape index (κ3) is 3.54. The molecule has 1 aromatic carbocycles. The summed E-state index contributed by atoms with van der Waals surface area (Å²) in [6.45, 7) is 7.51. The van der Waals surface area contributed by atoms with Crippen LogP contribution < -0.4 is 5.32 Å². The molecule has 6 heteroatoms. The fraction of sp³-hybridized carbons (Fsp3) is 0.636. The number of hydrogen-bond acceptors (Lipinski definition) is 3. The fourth-order valence-electron chi connectivity index (χ4n) is 5.52. The van der Waals surface area contributed by atoms with E-state index in [0.717, 1.165) is 44.5 Å². The molecule has 0 unspecified atom stereocenters. The quantitative estimate of drug-likeness (QED) is 0.864. The van der Waals surface area contributed by atoms with Gasteiger partial charge < -0.3 is 15.1 Å². The monoisotopic (exact) mass is 387 g/mol. The summed E-state index contributed by atoms with van der Waals surface area (Å²) in [6, 6.07) is 4.60. The van der Waals surface area contributed by atoms with Gasteiger partial charge in [-0.2, -0.15) is 0 Å². The van der Waals surface area contributed by atoms with Crippen molar-refractivity contribution in [2.24, 2.45) is 11.8 Å². The molecule has 3 aliphatic heterocycles. The van der Waals surface area contributed by atoms with E-state index >= 15 is 0 Å². The van der Waals surface area contributed by atoms with Crippen LogP contribution in [0.4, 0.5) is 4.39 Å². The van der Waals surface area contributed by atoms with Crippen LogP contribution in [-0.4, -0.2) is 59.9 Å². The summed E-state index contributed by atoms with van der Waals surface area (Å²) in [5.74, 6) is 0.486. The largest absolute Gasteiger partial charge is 0.350 e. The second-order valence-corrected chi connectivity index (χ2v) is 8.61. The standard InChI is InChI=1S/C22H30FN3O2/c1-3-25-12-15-9-16(13-25)20(26-19(15)5-4-6-21(26)27)11-24-22(28)18-10-17(23)8-7-14(18)2/h7-8,10,15-16,19-20H,3-6,9,11-13H2,1-2H3,(H,24,28)/t15-,16+,19+,20+/m1/s1. The van der Waals surface area contributed by atoms with E-state index in [1.807, 2.05) is 6.92 Å². The van der Waals surface area contributed by atoms with Gasteiger partial charge in [-0.3, -0.25) is 9.59 Å². The number of piperidine rings is 3. The van der Waals surface area contributed by atoms with Crippen molar-refractivity contribution in [1.29, 1.82) is 0 Å². The van der Waals surface area contributed by atoms with Crippen molar-refractivity contribution in [3.05, 3.63) is 35.1 Å². The molecule has 5 nitrogen and oxygen atoms in total. The minimum absolute atomic E-state index is 0.0289. The van der Waals surface area contributed by atoms with Crippen LogP contribution in [0.1, 0.15) is 48.5 Å². The van der Waals surface area contributed by atoms with E-state index in [4.69, 9.17) is 0 Å². The number of rotatable bonds is 4. The molecule has 152 valence electrons. The van der Waals surface area contributed by atoms with E-state index in [1.165, 1.54) is 12.1 Å². The highest BCUT2D eigenvalue weighted by Gasteiger charge is 2.49. The maximum absolute atomic E-state index is 13.6. The Morgan fingerprint density at radius 1 is 1.29 bits per heavy atom. The summed E-state index contributed by atoms with van der Waals surface area (Å²) in [5.41, 5.74) is 1.12. The molecule has 1 aromatic rings. The normalized spacial score (nSPS) is 30.1. The Hall–Kier alpha value is -1.95. The number of nitrogens with one attached hydrogen (secondary N) is 1. The first kappa shape index (κ1) is 19.4. The first-order valence-corrected chi connectivity index (χ1v) is 10.6. The van der Waals surface area contributed by atoms with Gasteiger partial charge in [-0.15, -0.1) is 0 Å². The summed E-state index contributed by atoms with van der Waals surface area (Å²) < 4.78 is 13.6. The lowest BCUT2D eigenvalue weighted by molar-refractivity contribution is -0.152. The molecule has 2 bridgehead atoms. The van der Waals surface area contributed by atoms with E-state index in [9.17, 15) is 14.0 Å². The van der Waals surface area contributed by atoms with E-state index in [1.54, 1.807) is 6.07 Å². The molecule has 28 heavy (non-hydrogen) atoms. The van der Waals surface area contributed by atoms with Crippen molar-refractivity contribution < 1.29 is 14.0 Å². The molecular formula is C22H30FN3O2. The lowest BCUT2D eigenvalue weighted by Crippen LogP contribution is -2.67. The van der Waals surface area contributed by atoms with Gasteiger partial charge in [0.1, 0.15) is 5.82 Å². The highest BCUT2D eigenvalue weighted by atomic mass is 19.1. The lowest BCUT2D eigenvalue weighted by atomic mass is 9.72. The number of carbonyl (C=O) groups is 2. The lowest BCUT2D eigenvalue weighted by Gasteiger charge is -2.56. The number of halogens is 1. The van der Waals surface area contributed by atoms with Crippen molar-refractivity contribution in [3.8, 4) is 0 Å². The molecule has 0 aromatic heterocycles. The average Bonchev–Trinajstić information content (AvgIpc) is 2.69. The molecule has 3 aliphatic rings. The second kappa shape index (κ2) is 7.82. The molecule has 1 N–H and O–H groups in total. The fourth-order valence-corrected chi connectivity index (χ4v) is 5.52. The van der Waals surface area contributed by atoms with E-state index in [2.05, 4.69) is 22.0 Å². The van der Waals surface area contributed by atoms with Crippen LogP contribution in [0, 0.1) is 24.6 Å². The van der Waals surface area contributed by atoms with Crippen LogP contribution in [0.3, 0.4) is 0 Å². The van der Waals surface area contributed by atoms with Gasteiger partial charge in [-0.05, 0) is 62.3 Å². The van der Waals surface area contributed by atoms with Gasteiger partial charge in [0.25, 0.3) is 5.91 Å². The zero-order valence-electron chi connectivity index (χ0n) is 16.8. The molecule has 2 amide bonds. The number of amides is 2. The number of nitrogens with zero attached hydrogens (tertiary/aromatic N) is 2. The summed E-state index contributed by atoms with van der Waals surface area (Å²) in [7, 11) is 0. The number of aryl methyl sites for hydroxylation is 1. The van der Waals surface area contributed by atoms with Crippen LogP contribution >= 0.6 is 0 Å². The van der Waals surface area contributed by atoms with E-state index < -0.39 is 5.82 Å². The zero-order valence-corrected chi connectivity index (χ0v) is 16.8. The molecule has 0 saturated carbocycles. The van der Waals surface area contributed by atoms with Crippen molar-refractivity contribution in [3.63, 3.8) is 0 Å². The van der Waals surface area contributed by atoms with Crippen LogP contribution in [0.5, 0.6) is 0 Å². The number of fused-ring (bicyclic) bond motifs is 4. The number of likely N-dealkylation sites (tertiary alicyclic amines) is 1. The molecule has 3 saturated heterocycles. The van der Waals surface area contributed by atoms with Crippen molar-refractivity contribution in [1.82, 2.24) is 15.1 Å². The summed E-state index contributed by atoms with van der Waals surface area (Å²) >= 11 is 0. The molecule has 0 radical (unpaired) electrons. The summed E-state index contributed by atoms with van der Waals surface area (Å²) in [4.78, 5) is 30.1. The van der Waals surface area contributed by atoms with Crippen LogP contribution in [0.15, 0.2) is 18.2 Å². The smallest absolute Gasteiger partial charge is 0.251 e. The third-order valence-electron chi connectivity index (χ3n) is 6.94. The predicted octanol–water partition coefficient (Wildman–Crippen LogP) is 2.59. The van der Waals surface area contributed by atoms with Crippen LogP contribution in [0.25, 0.3) is 0 Å². The van der Waals surface area contributed by atoms with Crippen molar-refractivity contribution >= 4 is 11.8 Å². The molecule has 3 heterocycles. The third-order valence-corrected chi connectivity index (χ3v) is 6.94. The van der Waals surface area contributed by atoms with Gasteiger partial charge in [-0.1, -0.05) is 13.0 Å². The molecule has 4 rings (SSSR count). The average molecular weight is 387 g/mol. The first-order valence-electron chi connectivity index (χ1n) is 10.6. The maximum atomic E-state index is 13.6. The van der Waals surface area contributed by atoms with Gasteiger partial charge in [-0.25, -0.2) is 4.39 Å². The zero-order chi connectivity index (χ0) is 19.8. The van der Waals surface area contributed by atoms with Crippen molar-refractivity contribution in [2.75, 3.05) is 26.2 Å². The topological polar surface area (TPSA) is 52.7 Å². The molecule has 3 fully saturated rings. The Morgan fingerprint density at radius 3 is 2.86 bits per heavy atom. The SMILES string of the molecule is CCN1C[C@H]2C[C@@H](C1)[C@H](CNC(=O)c1cc(F)ccc1C)N1C(=O)CCC[C@@H]21. The number of hydrogen-bond donors (Lipinski definition) is 1. The van der Waals surface area contributed by atoms with Gasteiger partial charge in [0, 0.05) is 37.7 Å². The number of carbonyl (C=O) groups excluding carboxylic acids is 2. The molecule has 0 spiro atoms. The summed E-state index contributed by atoms with van der Waals surface area (Å²) in [6.07, 6.45) is 3.77. The van der Waals surface area contributed by atoms with Gasteiger partial charge >= 0.3 is 0 Å². The highest BCUT2D eigenvalue weighted by Crippen LogP contribution is 2.41. The van der Waals surface area contributed by atoms with Gasteiger partial charge in [0.2, 0.25) is 5.91 Å². The molecular weight excluding hydrogens is 357 g/mol. The molecule has 4 atom stereocenters. The predicted molar refractivity (Wildman–Crippen MR) is 105 cm³/mol. The maximum Gasteiger partial charge on any atom is 0.251 e. The highest BCUT2D eigenvalue weighted by molar-refractivity contribution is 5.95. The second-order valence-electron chi connectivity index (χ2n) is 8.61. The molecule has 0 aliphatic carbocycles. The van der Waals surface area contributed by atoms with Crippen LogP contribution in [0.2, 0.25) is 0 Å². The van der Waals surface area contributed by atoms with Crippen LogP contribution in [-0.2, 0) is 4.79 Å². The van der Waals surface area contributed by atoms with E-state index in [0.29, 0.717) is 36.4 Å². The minimum atomic E-state index is -0.409. The Morgan fingerprint density at radius 2 is 2.07 bits per heavy atom.